The number of para-hydroxylation sites is 1. The number of anilines is 1. The molecule has 120 valence electrons. The van der Waals surface area contributed by atoms with Gasteiger partial charge in [0.05, 0.1) is 18.3 Å². The number of hydrogen-bond donors (Lipinski definition) is 2. The van der Waals surface area contributed by atoms with Gasteiger partial charge in [-0.2, -0.15) is 0 Å². The lowest BCUT2D eigenvalue weighted by atomic mass is 10.0. The maximum atomic E-state index is 10.6. The third-order valence-electron chi connectivity index (χ3n) is 3.95. The Morgan fingerprint density at radius 2 is 2.04 bits per heavy atom. The van der Waals surface area contributed by atoms with Gasteiger partial charge in [-0.25, -0.2) is 0 Å². The third-order valence-corrected chi connectivity index (χ3v) is 3.95. The number of nitrogens with one attached hydrogen (secondary N) is 1. The van der Waals surface area contributed by atoms with Gasteiger partial charge in [0.2, 0.25) is 0 Å². The number of hydrogen-bond acceptors (Lipinski definition) is 4. The van der Waals surface area contributed by atoms with Gasteiger partial charge in [-0.05, 0) is 37.6 Å². The predicted octanol–water partition coefficient (Wildman–Crippen LogP) is 4.10. The molecule has 2 N–H and O–H groups in total. The van der Waals surface area contributed by atoms with Crippen LogP contribution in [0.1, 0.15) is 31.7 Å². The van der Waals surface area contributed by atoms with Crippen LogP contribution in [0.15, 0.2) is 53.1 Å². The highest BCUT2D eigenvalue weighted by Crippen LogP contribution is 2.26. The minimum Gasteiger partial charge on any atom is -0.466 e. The SMILES string of the molecule is CCCc1cc(NCC(C)(O)c2ccco2)c2ccccc2n1. The lowest BCUT2D eigenvalue weighted by Gasteiger charge is -2.22. The smallest absolute Gasteiger partial charge is 0.136 e. The highest BCUT2D eigenvalue weighted by molar-refractivity contribution is 5.91. The molecule has 0 radical (unpaired) electrons. The number of benzene rings is 1. The normalized spacial score (nSPS) is 13.9. The number of furan rings is 1. The van der Waals surface area contributed by atoms with E-state index in [1.54, 1.807) is 25.3 Å². The second-order valence-electron chi connectivity index (χ2n) is 6.03. The molecule has 1 atom stereocenters. The van der Waals surface area contributed by atoms with Gasteiger partial charge in [-0.3, -0.25) is 4.98 Å². The Morgan fingerprint density at radius 1 is 1.22 bits per heavy atom. The number of aliphatic hydroxyl groups is 1. The quantitative estimate of drug-likeness (QED) is 0.719. The summed E-state index contributed by atoms with van der Waals surface area (Å²) in [4.78, 5) is 4.70. The van der Waals surface area contributed by atoms with Crippen molar-refractivity contribution >= 4 is 16.6 Å². The van der Waals surface area contributed by atoms with Gasteiger partial charge < -0.3 is 14.8 Å². The van der Waals surface area contributed by atoms with E-state index in [4.69, 9.17) is 9.40 Å². The molecule has 0 aliphatic heterocycles. The molecule has 1 unspecified atom stereocenters. The van der Waals surface area contributed by atoms with E-state index >= 15 is 0 Å². The zero-order valence-electron chi connectivity index (χ0n) is 13.5. The molecule has 0 spiro atoms. The molecular weight excluding hydrogens is 288 g/mol. The number of pyridine rings is 1. The molecule has 3 rings (SSSR count). The lowest BCUT2D eigenvalue weighted by molar-refractivity contribution is 0.0477. The highest BCUT2D eigenvalue weighted by Gasteiger charge is 2.26. The van der Waals surface area contributed by atoms with E-state index in [-0.39, 0.29) is 0 Å². The van der Waals surface area contributed by atoms with Crippen LogP contribution in [0.2, 0.25) is 0 Å². The molecule has 0 saturated carbocycles. The average Bonchev–Trinajstić information content (AvgIpc) is 3.08. The van der Waals surface area contributed by atoms with Crippen LogP contribution in [0.25, 0.3) is 10.9 Å². The van der Waals surface area contributed by atoms with Crippen LogP contribution in [-0.2, 0) is 12.0 Å². The van der Waals surface area contributed by atoms with Crippen LogP contribution < -0.4 is 5.32 Å². The first-order valence-electron chi connectivity index (χ1n) is 7.99. The van der Waals surface area contributed by atoms with Crippen molar-refractivity contribution in [3.8, 4) is 0 Å². The predicted molar refractivity (Wildman–Crippen MR) is 92.5 cm³/mol. The van der Waals surface area contributed by atoms with Crippen LogP contribution in [0, 0.1) is 0 Å². The highest BCUT2D eigenvalue weighted by atomic mass is 16.4. The zero-order chi connectivity index (χ0) is 16.3. The van der Waals surface area contributed by atoms with E-state index in [0.29, 0.717) is 12.3 Å². The van der Waals surface area contributed by atoms with Crippen molar-refractivity contribution in [3.05, 3.63) is 60.2 Å². The van der Waals surface area contributed by atoms with Gasteiger partial charge in [-0.15, -0.1) is 0 Å². The van der Waals surface area contributed by atoms with Crippen LogP contribution in [-0.4, -0.2) is 16.6 Å². The number of aromatic nitrogens is 1. The molecule has 0 bridgehead atoms. The first-order chi connectivity index (χ1) is 11.1. The van der Waals surface area contributed by atoms with Crippen molar-refractivity contribution < 1.29 is 9.52 Å². The molecule has 0 saturated heterocycles. The van der Waals surface area contributed by atoms with Gasteiger partial charge >= 0.3 is 0 Å². The fourth-order valence-corrected chi connectivity index (χ4v) is 2.70. The molecule has 0 amide bonds. The lowest BCUT2D eigenvalue weighted by Crippen LogP contribution is -2.30. The largest absolute Gasteiger partial charge is 0.466 e. The maximum absolute atomic E-state index is 10.6. The second kappa shape index (κ2) is 6.42. The molecule has 23 heavy (non-hydrogen) atoms. The molecule has 0 aliphatic carbocycles. The Labute approximate surface area is 136 Å². The van der Waals surface area contributed by atoms with Crippen molar-refractivity contribution in [2.24, 2.45) is 0 Å². The van der Waals surface area contributed by atoms with Crippen molar-refractivity contribution in [1.82, 2.24) is 4.98 Å². The van der Waals surface area contributed by atoms with Crippen molar-refractivity contribution in [2.75, 3.05) is 11.9 Å². The van der Waals surface area contributed by atoms with E-state index in [9.17, 15) is 5.11 Å². The second-order valence-corrected chi connectivity index (χ2v) is 6.03. The Morgan fingerprint density at radius 3 is 2.78 bits per heavy atom. The summed E-state index contributed by atoms with van der Waals surface area (Å²) in [7, 11) is 0. The molecule has 4 heteroatoms. The van der Waals surface area contributed by atoms with Gasteiger partial charge in [0.25, 0.3) is 0 Å². The van der Waals surface area contributed by atoms with Crippen molar-refractivity contribution in [2.45, 2.75) is 32.3 Å². The van der Waals surface area contributed by atoms with Crippen LogP contribution in [0.3, 0.4) is 0 Å². The number of nitrogens with zero attached hydrogens (tertiary/aromatic N) is 1. The van der Waals surface area contributed by atoms with E-state index in [1.165, 1.54) is 0 Å². The monoisotopic (exact) mass is 310 g/mol. The minimum atomic E-state index is -1.07. The first kappa shape index (κ1) is 15.6. The summed E-state index contributed by atoms with van der Waals surface area (Å²) in [5, 5.41) is 15.0. The summed E-state index contributed by atoms with van der Waals surface area (Å²) in [6, 6.07) is 13.7. The fraction of sp³-hybridized carbons (Fsp3) is 0.316. The van der Waals surface area contributed by atoms with E-state index in [2.05, 4.69) is 18.3 Å². The van der Waals surface area contributed by atoms with Crippen molar-refractivity contribution in [1.29, 1.82) is 0 Å². The average molecular weight is 310 g/mol. The van der Waals surface area contributed by atoms with Gasteiger partial charge in [0.15, 0.2) is 0 Å². The molecule has 3 aromatic rings. The summed E-state index contributed by atoms with van der Waals surface area (Å²) in [5.41, 5.74) is 1.95. The van der Waals surface area contributed by atoms with Crippen LogP contribution in [0.5, 0.6) is 0 Å². The molecule has 1 aromatic carbocycles. The van der Waals surface area contributed by atoms with Crippen molar-refractivity contribution in [3.63, 3.8) is 0 Å². The number of fused-ring (bicyclic) bond motifs is 1. The summed E-state index contributed by atoms with van der Waals surface area (Å²) in [6.45, 7) is 4.25. The molecule has 0 fully saturated rings. The fourth-order valence-electron chi connectivity index (χ4n) is 2.70. The Hall–Kier alpha value is -2.33. The Bertz CT molecular complexity index is 779. The topological polar surface area (TPSA) is 58.3 Å². The zero-order valence-corrected chi connectivity index (χ0v) is 13.5. The summed E-state index contributed by atoms with van der Waals surface area (Å²) in [6.07, 6.45) is 3.56. The Balaban J connectivity index is 1.89. The standard InChI is InChI=1S/C19H22N2O2/c1-3-7-14-12-17(15-8-4-5-9-16(15)21-14)20-13-19(2,22)18-10-6-11-23-18/h4-6,8-12,22H,3,7,13H2,1-2H3,(H,20,21). The first-order valence-corrected chi connectivity index (χ1v) is 7.99. The summed E-state index contributed by atoms with van der Waals surface area (Å²) in [5.74, 6) is 0.553. The van der Waals surface area contributed by atoms with Gasteiger partial charge in [0, 0.05) is 16.8 Å². The van der Waals surface area contributed by atoms with E-state index < -0.39 is 5.60 Å². The van der Waals surface area contributed by atoms with E-state index in [0.717, 1.165) is 35.1 Å². The van der Waals surface area contributed by atoms with Gasteiger partial charge in [-0.1, -0.05) is 31.5 Å². The molecule has 2 aromatic heterocycles. The molecule has 2 heterocycles. The summed E-state index contributed by atoms with van der Waals surface area (Å²) >= 11 is 0. The van der Waals surface area contributed by atoms with E-state index in [1.807, 2.05) is 24.3 Å². The minimum absolute atomic E-state index is 0.361. The van der Waals surface area contributed by atoms with Crippen LogP contribution >= 0.6 is 0 Å². The Kier molecular flexibility index (Phi) is 4.35. The van der Waals surface area contributed by atoms with Gasteiger partial charge in [0.1, 0.15) is 11.4 Å². The maximum Gasteiger partial charge on any atom is 0.136 e. The molecular formula is C19H22N2O2. The number of aryl methyl sites for hydroxylation is 1. The number of rotatable bonds is 6. The third kappa shape index (κ3) is 3.37. The van der Waals surface area contributed by atoms with Crippen LogP contribution in [0.4, 0.5) is 5.69 Å². The molecule has 0 aliphatic rings. The molecule has 4 nitrogen and oxygen atoms in total. The summed E-state index contributed by atoms with van der Waals surface area (Å²) < 4.78 is 5.33.